The second-order valence-corrected chi connectivity index (χ2v) is 12.5. The lowest BCUT2D eigenvalue weighted by Gasteiger charge is -2.26. The summed E-state index contributed by atoms with van der Waals surface area (Å²) in [4.78, 5) is 89.3. The summed E-state index contributed by atoms with van der Waals surface area (Å²) in [7, 11) is 0. The number of benzene rings is 2. The van der Waals surface area contributed by atoms with E-state index in [0.717, 1.165) is 16.3 Å². The quantitative estimate of drug-likeness (QED) is 0.112. The van der Waals surface area contributed by atoms with E-state index < -0.39 is 78.6 Å². The molecule has 0 saturated carbocycles. The van der Waals surface area contributed by atoms with E-state index in [2.05, 4.69) is 26.6 Å². The average Bonchev–Trinajstić information content (AvgIpc) is 3.00. The zero-order chi connectivity index (χ0) is 36.1. The highest BCUT2D eigenvalue weighted by Gasteiger charge is 2.32. The predicted molar refractivity (Wildman–Crippen MR) is 179 cm³/mol. The van der Waals surface area contributed by atoms with E-state index in [0.29, 0.717) is 0 Å². The van der Waals surface area contributed by atoms with Gasteiger partial charge in [0.25, 0.3) is 0 Å². The van der Waals surface area contributed by atoms with Crippen molar-refractivity contribution in [3.63, 3.8) is 0 Å². The number of amides is 5. The maximum atomic E-state index is 13.7. The first-order valence-corrected chi connectivity index (χ1v) is 16.0. The van der Waals surface area contributed by atoms with Crippen molar-refractivity contribution in [3.05, 3.63) is 48.0 Å². The Labute approximate surface area is 280 Å². The normalized spacial score (nSPS) is 14.3. The van der Waals surface area contributed by atoms with Gasteiger partial charge in [-0.15, -0.1) is 0 Å². The number of hydrogen-bond donors (Lipinski definition) is 7. The van der Waals surface area contributed by atoms with E-state index in [4.69, 9.17) is 5.73 Å². The summed E-state index contributed by atoms with van der Waals surface area (Å²) in [6, 6.07) is 7.11. The molecule has 262 valence electrons. The molecule has 0 saturated heterocycles. The number of carboxylic acid groups (broad SMARTS) is 1. The lowest BCUT2D eigenvalue weighted by atomic mass is 9.97. The van der Waals surface area contributed by atoms with Gasteiger partial charge in [-0.25, -0.2) is 0 Å². The fourth-order valence-electron chi connectivity index (χ4n) is 5.15. The van der Waals surface area contributed by atoms with Gasteiger partial charge in [0.05, 0.1) is 18.5 Å². The summed E-state index contributed by atoms with van der Waals surface area (Å²) in [5, 5.41) is 24.2. The van der Waals surface area contributed by atoms with Crippen LogP contribution in [0, 0.1) is 5.92 Å². The molecule has 14 heteroatoms. The number of rotatable bonds is 19. The highest BCUT2D eigenvalue weighted by molar-refractivity contribution is 5.98. The number of fused-ring (bicyclic) bond motifs is 1. The number of hydrogen-bond acceptors (Lipinski definition) is 8. The topological polar surface area (TPSA) is 226 Å². The third-order valence-corrected chi connectivity index (χ3v) is 7.59. The lowest BCUT2D eigenvalue weighted by molar-refractivity contribution is -0.138. The molecule has 0 bridgehead atoms. The van der Waals surface area contributed by atoms with Gasteiger partial charge in [0, 0.05) is 24.8 Å². The number of ketones is 1. The molecule has 14 nitrogen and oxygen atoms in total. The van der Waals surface area contributed by atoms with Gasteiger partial charge >= 0.3 is 5.97 Å². The molecule has 5 amide bonds. The first-order chi connectivity index (χ1) is 22.5. The van der Waals surface area contributed by atoms with Crippen molar-refractivity contribution in [2.45, 2.75) is 103 Å². The Morgan fingerprint density at radius 3 is 1.85 bits per heavy atom. The summed E-state index contributed by atoms with van der Waals surface area (Å²) in [5.41, 5.74) is 6.05. The molecule has 0 fully saturated rings. The molecule has 0 aliphatic carbocycles. The maximum absolute atomic E-state index is 13.7. The van der Waals surface area contributed by atoms with Crippen molar-refractivity contribution in [1.82, 2.24) is 26.6 Å². The molecule has 0 aliphatic heterocycles. The third-order valence-electron chi connectivity index (χ3n) is 7.59. The van der Waals surface area contributed by atoms with Crippen molar-refractivity contribution in [2.75, 3.05) is 0 Å². The SMILES string of the molecule is CC(C)N[C@H](C)C(=O)N[C@@H](CC(N)=O)C(=O)N[C@@H](CCC(=O)O)C(=O)N[C@@H](Cc1cccc2ccccc12)C(=O)N[C@H](C)C(=O)C(C)C. The molecule has 0 radical (unpaired) electrons. The molecule has 0 aromatic heterocycles. The van der Waals surface area contributed by atoms with Gasteiger partial charge in [-0.3, -0.25) is 33.6 Å². The molecule has 0 spiro atoms. The maximum Gasteiger partial charge on any atom is 0.303 e. The number of Topliss-reactive ketones (excluding diaryl/α,β-unsaturated/α-hetero) is 1. The number of carbonyl (C=O) groups excluding carboxylic acids is 6. The summed E-state index contributed by atoms with van der Waals surface area (Å²) in [6.45, 7) is 10.1. The number of carbonyl (C=O) groups is 7. The largest absolute Gasteiger partial charge is 0.481 e. The van der Waals surface area contributed by atoms with E-state index in [9.17, 15) is 38.7 Å². The summed E-state index contributed by atoms with van der Waals surface area (Å²) < 4.78 is 0. The monoisotopic (exact) mass is 668 g/mol. The molecule has 8 N–H and O–H groups in total. The van der Waals surface area contributed by atoms with Gasteiger partial charge in [-0.1, -0.05) is 70.2 Å². The molecule has 0 unspecified atom stereocenters. The standard InChI is InChI=1S/C34H48N6O8/c1-18(2)30(44)20(5)37-33(47)26(16-23-12-9-11-22-10-7-8-13-24(22)23)40-32(46)25(14-15-29(42)43)38-34(48)27(17-28(35)41)39-31(45)21(6)36-19(3)4/h7-13,18-21,25-27,36H,14-17H2,1-6H3,(H2,35,41)(H,37,47)(H,38,48)(H,39,45)(H,40,46)(H,42,43)/t20-,21-,25+,26+,27+/m1/s1. The van der Waals surface area contributed by atoms with Gasteiger partial charge in [0.15, 0.2) is 5.78 Å². The number of nitrogens with one attached hydrogen (secondary N) is 5. The number of aliphatic carboxylic acids is 1. The van der Waals surface area contributed by atoms with E-state index in [-0.39, 0.29) is 30.6 Å². The zero-order valence-electron chi connectivity index (χ0n) is 28.3. The van der Waals surface area contributed by atoms with E-state index in [1.807, 2.05) is 44.2 Å². The summed E-state index contributed by atoms with van der Waals surface area (Å²) >= 11 is 0. The fourth-order valence-corrected chi connectivity index (χ4v) is 5.15. The van der Waals surface area contributed by atoms with Crippen LogP contribution in [0.3, 0.4) is 0 Å². The highest BCUT2D eigenvalue weighted by atomic mass is 16.4. The Kier molecular flexibility index (Phi) is 15.1. The minimum absolute atomic E-state index is 0.00219. The average molecular weight is 669 g/mol. The molecule has 2 aromatic carbocycles. The second-order valence-electron chi connectivity index (χ2n) is 12.5. The Morgan fingerprint density at radius 2 is 1.25 bits per heavy atom. The fraction of sp³-hybridized carbons (Fsp3) is 0.500. The minimum atomic E-state index is -1.48. The number of primary amides is 1. The van der Waals surface area contributed by atoms with Crippen LogP contribution in [0.2, 0.25) is 0 Å². The number of carboxylic acids is 1. The first-order valence-electron chi connectivity index (χ1n) is 16.0. The van der Waals surface area contributed by atoms with Crippen LogP contribution >= 0.6 is 0 Å². The van der Waals surface area contributed by atoms with Crippen LogP contribution in [0.15, 0.2) is 42.5 Å². The van der Waals surface area contributed by atoms with Crippen LogP contribution < -0.4 is 32.3 Å². The van der Waals surface area contributed by atoms with Crippen LogP contribution in [-0.2, 0) is 40.0 Å². The lowest BCUT2D eigenvalue weighted by Crippen LogP contribution is -2.59. The first kappa shape index (κ1) is 39.3. The van der Waals surface area contributed by atoms with E-state index in [1.165, 1.54) is 6.92 Å². The molecule has 48 heavy (non-hydrogen) atoms. The Hall–Kier alpha value is -4.85. The van der Waals surface area contributed by atoms with Crippen LogP contribution in [0.4, 0.5) is 0 Å². The molecule has 2 aromatic rings. The molecule has 0 heterocycles. The van der Waals surface area contributed by atoms with Gasteiger partial charge in [0.1, 0.15) is 18.1 Å². The van der Waals surface area contributed by atoms with Gasteiger partial charge in [-0.2, -0.15) is 0 Å². The Bertz CT molecular complexity index is 1490. The zero-order valence-corrected chi connectivity index (χ0v) is 28.3. The van der Waals surface area contributed by atoms with Gasteiger partial charge in [0.2, 0.25) is 29.5 Å². The minimum Gasteiger partial charge on any atom is -0.481 e. The van der Waals surface area contributed by atoms with Crippen molar-refractivity contribution >= 4 is 52.1 Å². The van der Waals surface area contributed by atoms with E-state index in [1.54, 1.807) is 32.9 Å². The Morgan fingerprint density at radius 1 is 0.688 bits per heavy atom. The third kappa shape index (κ3) is 12.4. The van der Waals surface area contributed by atoms with Crippen molar-refractivity contribution < 1.29 is 38.7 Å². The van der Waals surface area contributed by atoms with Crippen LogP contribution in [-0.4, -0.2) is 82.6 Å². The van der Waals surface area contributed by atoms with Gasteiger partial charge in [-0.05, 0) is 36.6 Å². The summed E-state index contributed by atoms with van der Waals surface area (Å²) in [5.74, 6) is -5.82. The van der Waals surface area contributed by atoms with Crippen LogP contribution in [0.25, 0.3) is 10.8 Å². The molecular formula is C34H48N6O8. The summed E-state index contributed by atoms with van der Waals surface area (Å²) in [6.07, 6.45) is -1.49. The molecular weight excluding hydrogens is 620 g/mol. The predicted octanol–water partition coefficient (Wildman–Crippen LogP) is 0.693. The van der Waals surface area contributed by atoms with Crippen molar-refractivity contribution in [3.8, 4) is 0 Å². The smallest absolute Gasteiger partial charge is 0.303 e. The van der Waals surface area contributed by atoms with Gasteiger partial charge < -0.3 is 37.4 Å². The van der Waals surface area contributed by atoms with Crippen LogP contribution in [0.5, 0.6) is 0 Å². The van der Waals surface area contributed by atoms with Crippen molar-refractivity contribution in [1.29, 1.82) is 0 Å². The van der Waals surface area contributed by atoms with Crippen LogP contribution in [0.1, 0.15) is 66.4 Å². The van der Waals surface area contributed by atoms with E-state index >= 15 is 0 Å². The molecule has 5 atom stereocenters. The molecule has 2 rings (SSSR count). The van der Waals surface area contributed by atoms with Crippen molar-refractivity contribution in [2.24, 2.45) is 11.7 Å². The number of nitrogens with two attached hydrogens (primary N) is 1. The Balaban J connectivity index is 2.40. The highest BCUT2D eigenvalue weighted by Crippen LogP contribution is 2.20. The molecule has 0 aliphatic rings. The second kappa shape index (κ2) is 18.5.